The number of rotatable bonds is 4. The molecule has 0 heterocycles. The van der Waals surface area contributed by atoms with E-state index in [0.29, 0.717) is 5.56 Å². The number of benzene rings is 1. The zero-order chi connectivity index (χ0) is 13.1. The molecule has 17 heavy (non-hydrogen) atoms. The van der Waals surface area contributed by atoms with E-state index in [-0.39, 0.29) is 24.7 Å². The molecule has 0 bridgehead atoms. The third-order valence-corrected chi connectivity index (χ3v) is 2.56. The van der Waals surface area contributed by atoms with Crippen molar-refractivity contribution in [2.45, 2.75) is 19.5 Å². The van der Waals surface area contributed by atoms with E-state index < -0.39 is 11.7 Å². The molecule has 1 aromatic rings. The Hall–Kier alpha value is -1.36. The topological polar surface area (TPSA) is 43.1 Å². The first-order valence-corrected chi connectivity index (χ1v) is 5.23. The molecule has 1 aromatic carbocycles. The third kappa shape index (κ3) is 3.85. The fraction of sp³-hybridized carbons (Fsp3) is 0.417. The molecule has 0 aliphatic heterocycles. The molecule has 0 aromatic heterocycles. The Morgan fingerprint density at radius 3 is 2.24 bits per heavy atom. The molecule has 0 saturated heterocycles. The molecule has 0 aliphatic carbocycles. The van der Waals surface area contributed by atoms with Crippen LogP contribution in [0, 0.1) is 5.92 Å². The first-order chi connectivity index (χ1) is 7.84. The van der Waals surface area contributed by atoms with Crippen LogP contribution in [0.25, 0.3) is 0 Å². The quantitative estimate of drug-likeness (QED) is 0.885. The number of halogens is 3. The fourth-order valence-corrected chi connectivity index (χ4v) is 1.32. The summed E-state index contributed by atoms with van der Waals surface area (Å²) in [5.41, 5.74) is 5.20. The van der Waals surface area contributed by atoms with Crippen molar-refractivity contribution < 1.29 is 18.0 Å². The van der Waals surface area contributed by atoms with Gasteiger partial charge in [0.05, 0.1) is 5.56 Å². The summed E-state index contributed by atoms with van der Waals surface area (Å²) in [5, 5.41) is 0. The van der Waals surface area contributed by atoms with E-state index in [2.05, 4.69) is 0 Å². The molecule has 0 amide bonds. The molecule has 0 saturated carbocycles. The first kappa shape index (κ1) is 13.7. The lowest BCUT2D eigenvalue weighted by Gasteiger charge is -2.09. The van der Waals surface area contributed by atoms with Crippen molar-refractivity contribution in [3.8, 4) is 0 Å². The highest BCUT2D eigenvalue weighted by Gasteiger charge is 2.29. The average molecular weight is 245 g/mol. The van der Waals surface area contributed by atoms with Crippen molar-refractivity contribution in [1.29, 1.82) is 0 Å². The van der Waals surface area contributed by atoms with Gasteiger partial charge in [-0.3, -0.25) is 4.79 Å². The lowest BCUT2D eigenvalue weighted by molar-refractivity contribution is -0.137. The van der Waals surface area contributed by atoms with Gasteiger partial charge in [-0.1, -0.05) is 19.1 Å². The number of hydrogen-bond donors (Lipinski definition) is 1. The number of hydrogen-bond acceptors (Lipinski definition) is 2. The minimum absolute atomic E-state index is 0.0627. The summed E-state index contributed by atoms with van der Waals surface area (Å²) in [5.74, 6) is -0.329. The number of carbonyl (C=O) groups is 1. The van der Waals surface area contributed by atoms with Gasteiger partial charge in [0.2, 0.25) is 0 Å². The predicted molar refractivity (Wildman–Crippen MR) is 58.4 cm³/mol. The average Bonchev–Trinajstić information content (AvgIpc) is 2.27. The highest BCUT2D eigenvalue weighted by molar-refractivity contribution is 5.83. The van der Waals surface area contributed by atoms with Crippen molar-refractivity contribution in [1.82, 2.24) is 0 Å². The lowest BCUT2D eigenvalue weighted by atomic mass is 9.99. The molecule has 5 heteroatoms. The van der Waals surface area contributed by atoms with Gasteiger partial charge in [0.25, 0.3) is 0 Å². The number of Topliss-reactive ketones (excluding diaryl/α,β-unsaturated/α-hetero) is 1. The Morgan fingerprint density at radius 1 is 1.29 bits per heavy atom. The molecule has 0 fully saturated rings. The van der Waals surface area contributed by atoms with Crippen LogP contribution in [0.15, 0.2) is 24.3 Å². The van der Waals surface area contributed by atoms with E-state index in [0.717, 1.165) is 12.1 Å². The molecular weight excluding hydrogens is 231 g/mol. The van der Waals surface area contributed by atoms with Crippen LogP contribution in [0.5, 0.6) is 0 Å². The molecule has 0 aliphatic rings. The van der Waals surface area contributed by atoms with Gasteiger partial charge < -0.3 is 5.73 Å². The molecule has 2 N–H and O–H groups in total. The molecule has 1 atom stereocenters. The maximum absolute atomic E-state index is 12.3. The van der Waals surface area contributed by atoms with Gasteiger partial charge in [0, 0.05) is 18.9 Å². The van der Waals surface area contributed by atoms with E-state index >= 15 is 0 Å². The first-order valence-electron chi connectivity index (χ1n) is 5.23. The molecule has 2 nitrogen and oxygen atoms in total. The summed E-state index contributed by atoms with van der Waals surface area (Å²) in [6.07, 6.45) is -4.22. The molecule has 0 radical (unpaired) electrons. The number of carbonyl (C=O) groups excluding carboxylic acids is 1. The molecular formula is C12H14F3NO. The van der Waals surface area contributed by atoms with Crippen molar-refractivity contribution >= 4 is 5.78 Å². The summed E-state index contributed by atoms with van der Waals surface area (Å²) >= 11 is 0. The summed E-state index contributed by atoms with van der Waals surface area (Å²) in [4.78, 5) is 11.5. The van der Waals surface area contributed by atoms with Crippen LogP contribution >= 0.6 is 0 Å². The van der Waals surface area contributed by atoms with E-state index in [4.69, 9.17) is 5.73 Å². The van der Waals surface area contributed by atoms with Crippen LogP contribution < -0.4 is 5.73 Å². The fourth-order valence-electron chi connectivity index (χ4n) is 1.32. The van der Waals surface area contributed by atoms with Gasteiger partial charge in [-0.15, -0.1) is 0 Å². The number of ketones is 1. The van der Waals surface area contributed by atoms with Crippen LogP contribution in [0.1, 0.15) is 18.1 Å². The van der Waals surface area contributed by atoms with Gasteiger partial charge >= 0.3 is 6.18 Å². The van der Waals surface area contributed by atoms with E-state index in [9.17, 15) is 18.0 Å². The highest BCUT2D eigenvalue weighted by Crippen LogP contribution is 2.29. The van der Waals surface area contributed by atoms with E-state index in [1.165, 1.54) is 12.1 Å². The Bertz CT molecular complexity index is 384. The van der Waals surface area contributed by atoms with Crippen molar-refractivity contribution in [3.05, 3.63) is 35.4 Å². The van der Waals surface area contributed by atoms with Crippen LogP contribution in [-0.2, 0) is 17.4 Å². The van der Waals surface area contributed by atoms with E-state index in [1.54, 1.807) is 6.92 Å². The van der Waals surface area contributed by atoms with Crippen molar-refractivity contribution in [2.24, 2.45) is 11.7 Å². The van der Waals surface area contributed by atoms with Crippen LogP contribution in [0.3, 0.4) is 0 Å². The van der Waals surface area contributed by atoms with Crippen molar-refractivity contribution in [3.63, 3.8) is 0 Å². The zero-order valence-corrected chi connectivity index (χ0v) is 9.42. The van der Waals surface area contributed by atoms with E-state index in [1.807, 2.05) is 0 Å². The highest BCUT2D eigenvalue weighted by atomic mass is 19.4. The van der Waals surface area contributed by atoms with Crippen molar-refractivity contribution in [2.75, 3.05) is 6.54 Å². The molecule has 1 unspecified atom stereocenters. The second-order valence-electron chi connectivity index (χ2n) is 3.97. The summed E-state index contributed by atoms with van der Waals surface area (Å²) in [7, 11) is 0. The largest absolute Gasteiger partial charge is 0.416 e. The monoisotopic (exact) mass is 245 g/mol. The SMILES string of the molecule is CC(CN)C(=O)Cc1ccc(C(F)(F)F)cc1. The molecule has 1 rings (SSSR count). The standard InChI is InChI=1S/C12H14F3NO/c1-8(7-16)11(17)6-9-2-4-10(5-3-9)12(13,14)15/h2-5,8H,6-7,16H2,1H3. The number of alkyl halides is 3. The second kappa shape index (κ2) is 5.31. The van der Waals surface area contributed by atoms with Gasteiger partial charge in [0.15, 0.2) is 0 Å². The molecule has 94 valence electrons. The van der Waals surface area contributed by atoms with Crippen LogP contribution in [0.2, 0.25) is 0 Å². The Balaban J connectivity index is 2.73. The summed E-state index contributed by atoms with van der Waals surface area (Å²) in [6.45, 7) is 1.95. The van der Waals surface area contributed by atoms with Gasteiger partial charge in [-0.05, 0) is 17.7 Å². The van der Waals surface area contributed by atoms with Crippen LogP contribution in [0.4, 0.5) is 13.2 Å². The number of nitrogens with two attached hydrogens (primary N) is 1. The smallest absolute Gasteiger partial charge is 0.330 e. The summed E-state index contributed by atoms with van der Waals surface area (Å²) < 4.78 is 36.8. The Kier molecular flexibility index (Phi) is 4.28. The predicted octanol–water partition coefficient (Wildman–Crippen LogP) is 2.41. The minimum Gasteiger partial charge on any atom is -0.330 e. The third-order valence-electron chi connectivity index (χ3n) is 2.56. The normalized spacial score (nSPS) is 13.5. The van der Waals surface area contributed by atoms with Gasteiger partial charge in [-0.2, -0.15) is 13.2 Å². The Morgan fingerprint density at radius 2 is 1.82 bits per heavy atom. The molecule has 0 spiro atoms. The zero-order valence-electron chi connectivity index (χ0n) is 9.42. The Labute approximate surface area is 97.6 Å². The maximum atomic E-state index is 12.3. The van der Waals surface area contributed by atoms with Crippen LogP contribution in [-0.4, -0.2) is 12.3 Å². The lowest BCUT2D eigenvalue weighted by Crippen LogP contribution is -2.22. The van der Waals surface area contributed by atoms with Gasteiger partial charge in [-0.25, -0.2) is 0 Å². The second-order valence-corrected chi connectivity index (χ2v) is 3.97. The minimum atomic E-state index is -4.34. The maximum Gasteiger partial charge on any atom is 0.416 e. The van der Waals surface area contributed by atoms with Gasteiger partial charge in [0.1, 0.15) is 5.78 Å². The summed E-state index contributed by atoms with van der Waals surface area (Å²) in [6, 6.07) is 4.61.